The summed E-state index contributed by atoms with van der Waals surface area (Å²) in [5.74, 6) is -1.55. The molecule has 0 unspecified atom stereocenters. The highest BCUT2D eigenvalue weighted by molar-refractivity contribution is 6.31. The molecular weight excluding hydrogens is 468 g/mol. The summed E-state index contributed by atoms with van der Waals surface area (Å²) in [4.78, 5) is 38.4. The van der Waals surface area contributed by atoms with E-state index in [9.17, 15) is 19.5 Å². The van der Waals surface area contributed by atoms with Crippen molar-refractivity contribution >= 4 is 35.3 Å². The van der Waals surface area contributed by atoms with Gasteiger partial charge in [0.25, 0.3) is 5.91 Å². The largest absolute Gasteiger partial charge is 0.480 e. The van der Waals surface area contributed by atoms with Crippen LogP contribution in [0.3, 0.4) is 0 Å². The number of hydrogen-bond acceptors (Lipinski definition) is 4. The number of carbonyl (C=O) groups is 3. The molecule has 3 aromatic rings. The molecule has 1 atom stereocenters. The van der Waals surface area contributed by atoms with Crippen molar-refractivity contribution in [2.24, 2.45) is 0 Å². The van der Waals surface area contributed by atoms with Gasteiger partial charge in [-0.15, -0.1) is 0 Å². The Balaban J connectivity index is 1.28. The zero-order chi connectivity index (χ0) is 24.5. The van der Waals surface area contributed by atoms with Gasteiger partial charge >= 0.3 is 12.1 Å². The molecule has 0 aromatic heterocycles. The average molecular weight is 491 g/mol. The summed E-state index contributed by atoms with van der Waals surface area (Å²) >= 11 is 6.20. The molecule has 2 amide bonds. The van der Waals surface area contributed by atoms with E-state index < -0.39 is 24.0 Å². The number of benzene rings is 3. The van der Waals surface area contributed by atoms with Crippen molar-refractivity contribution in [3.8, 4) is 11.1 Å². The third-order valence-corrected chi connectivity index (χ3v) is 6.75. The second-order valence-corrected chi connectivity index (χ2v) is 9.11. The van der Waals surface area contributed by atoms with Crippen LogP contribution < -0.4 is 5.32 Å². The first-order valence-electron chi connectivity index (χ1n) is 11.4. The lowest BCUT2D eigenvalue weighted by Gasteiger charge is -2.22. The van der Waals surface area contributed by atoms with Crippen LogP contribution in [-0.2, 0) is 9.53 Å². The molecular formula is C27H23ClN2O5. The minimum Gasteiger partial charge on any atom is -0.480 e. The quantitative estimate of drug-likeness (QED) is 0.500. The van der Waals surface area contributed by atoms with Crippen LogP contribution in [0.25, 0.3) is 11.1 Å². The minimum absolute atomic E-state index is 0.0761. The first-order valence-corrected chi connectivity index (χ1v) is 11.8. The lowest BCUT2D eigenvalue weighted by Crippen LogP contribution is -2.40. The van der Waals surface area contributed by atoms with Crippen molar-refractivity contribution in [3.63, 3.8) is 0 Å². The molecule has 0 spiro atoms. The Morgan fingerprint density at radius 2 is 1.66 bits per heavy atom. The predicted molar refractivity (Wildman–Crippen MR) is 132 cm³/mol. The first kappa shape index (κ1) is 22.9. The van der Waals surface area contributed by atoms with Gasteiger partial charge in [0.15, 0.2) is 0 Å². The summed E-state index contributed by atoms with van der Waals surface area (Å²) in [6.45, 7) is 0.512. The molecule has 0 radical (unpaired) electrons. The average Bonchev–Trinajstić information content (AvgIpc) is 3.45. The summed E-state index contributed by atoms with van der Waals surface area (Å²) in [5.41, 5.74) is 4.99. The van der Waals surface area contributed by atoms with Gasteiger partial charge in [-0.05, 0) is 53.3 Å². The normalized spacial score (nSPS) is 16.5. The Kier molecular flexibility index (Phi) is 6.17. The fourth-order valence-corrected chi connectivity index (χ4v) is 5.21. The molecule has 35 heavy (non-hydrogen) atoms. The van der Waals surface area contributed by atoms with E-state index in [1.54, 1.807) is 0 Å². The number of anilines is 1. The Labute approximate surface area is 207 Å². The number of nitrogens with one attached hydrogen (secondary N) is 1. The minimum atomic E-state index is -1.03. The van der Waals surface area contributed by atoms with Crippen LogP contribution in [-0.4, -0.2) is 47.2 Å². The third kappa shape index (κ3) is 4.47. The summed E-state index contributed by atoms with van der Waals surface area (Å²) in [7, 11) is 0. The topological polar surface area (TPSA) is 95.9 Å². The van der Waals surface area contributed by atoms with Gasteiger partial charge in [0.05, 0.1) is 0 Å². The van der Waals surface area contributed by atoms with E-state index in [2.05, 4.69) is 17.4 Å². The number of carboxylic acids is 1. The zero-order valence-electron chi connectivity index (χ0n) is 18.7. The van der Waals surface area contributed by atoms with Crippen LogP contribution >= 0.6 is 11.6 Å². The molecule has 1 aliphatic heterocycles. The maximum absolute atomic E-state index is 12.9. The van der Waals surface area contributed by atoms with E-state index in [-0.39, 0.29) is 23.1 Å². The summed E-state index contributed by atoms with van der Waals surface area (Å²) in [6, 6.07) is 19.7. The molecule has 0 saturated carbocycles. The van der Waals surface area contributed by atoms with Crippen molar-refractivity contribution in [1.29, 1.82) is 0 Å². The molecule has 1 saturated heterocycles. The maximum Gasteiger partial charge on any atom is 0.411 e. The van der Waals surface area contributed by atoms with E-state index in [1.807, 2.05) is 36.4 Å². The number of carboxylic acid groups (broad SMARTS) is 1. The third-order valence-electron chi connectivity index (χ3n) is 6.53. The van der Waals surface area contributed by atoms with Gasteiger partial charge in [-0.2, -0.15) is 0 Å². The number of likely N-dealkylation sites (tertiary alicyclic amines) is 1. The Morgan fingerprint density at radius 1 is 1.00 bits per heavy atom. The number of halogens is 1. The lowest BCUT2D eigenvalue weighted by atomic mass is 9.98. The monoisotopic (exact) mass is 490 g/mol. The van der Waals surface area contributed by atoms with Crippen molar-refractivity contribution in [2.75, 3.05) is 18.5 Å². The number of rotatable bonds is 5. The molecule has 2 aliphatic rings. The van der Waals surface area contributed by atoms with Gasteiger partial charge in [0.1, 0.15) is 12.6 Å². The molecule has 0 bridgehead atoms. The number of fused-ring (bicyclic) bond motifs is 3. The molecule has 5 rings (SSSR count). The molecule has 8 heteroatoms. The SMILES string of the molecule is O=C(Nc1cc(Cl)cc(C(=O)N2CCC[C@@H]2C(=O)O)c1)OCC1c2ccccc2-c2ccccc21. The summed E-state index contributed by atoms with van der Waals surface area (Å²) in [6.07, 6.45) is 0.359. The molecule has 178 valence electrons. The summed E-state index contributed by atoms with van der Waals surface area (Å²) in [5, 5.41) is 12.3. The van der Waals surface area contributed by atoms with Crippen LogP contribution in [0.1, 0.15) is 40.2 Å². The van der Waals surface area contributed by atoms with Gasteiger partial charge in [0.2, 0.25) is 0 Å². The fourth-order valence-electron chi connectivity index (χ4n) is 4.97. The molecule has 1 fully saturated rings. The Morgan fingerprint density at radius 3 is 2.31 bits per heavy atom. The van der Waals surface area contributed by atoms with E-state index in [1.165, 1.54) is 23.1 Å². The van der Waals surface area contributed by atoms with E-state index >= 15 is 0 Å². The second-order valence-electron chi connectivity index (χ2n) is 8.67. The predicted octanol–water partition coefficient (Wildman–Crippen LogP) is 5.39. The van der Waals surface area contributed by atoms with Crippen LogP contribution in [0, 0.1) is 0 Å². The lowest BCUT2D eigenvalue weighted by molar-refractivity contribution is -0.141. The molecule has 2 N–H and O–H groups in total. The number of amides is 2. The van der Waals surface area contributed by atoms with Crippen molar-refractivity contribution < 1.29 is 24.2 Å². The van der Waals surface area contributed by atoms with Gasteiger partial charge < -0.3 is 14.7 Å². The van der Waals surface area contributed by atoms with Gasteiger partial charge in [-0.1, -0.05) is 60.1 Å². The molecule has 1 heterocycles. The summed E-state index contributed by atoms with van der Waals surface area (Å²) < 4.78 is 5.57. The maximum atomic E-state index is 12.9. The second kappa shape index (κ2) is 9.43. The molecule has 7 nitrogen and oxygen atoms in total. The first-order chi connectivity index (χ1) is 16.9. The van der Waals surface area contributed by atoms with Gasteiger partial charge in [-0.25, -0.2) is 9.59 Å². The highest BCUT2D eigenvalue weighted by Crippen LogP contribution is 2.44. The Hall–Kier alpha value is -3.84. The number of hydrogen-bond donors (Lipinski definition) is 2. The van der Waals surface area contributed by atoms with Crippen LogP contribution in [0.5, 0.6) is 0 Å². The molecule has 3 aromatic carbocycles. The highest BCUT2D eigenvalue weighted by Gasteiger charge is 2.34. The van der Waals surface area contributed by atoms with Crippen molar-refractivity contribution in [1.82, 2.24) is 4.90 Å². The highest BCUT2D eigenvalue weighted by atomic mass is 35.5. The number of nitrogens with zero attached hydrogens (tertiary/aromatic N) is 1. The van der Waals surface area contributed by atoms with Crippen LogP contribution in [0.4, 0.5) is 10.5 Å². The molecule has 1 aliphatic carbocycles. The van der Waals surface area contributed by atoms with E-state index in [0.29, 0.717) is 25.1 Å². The van der Waals surface area contributed by atoms with Crippen molar-refractivity contribution in [3.05, 3.63) is 88.4 Å². The number of ether oxygens (including phenoxy) is 1. The van der Waals surface area contributed by atoms with E-state index in [4.69, 9.17) is 16.3 Å². The standard InChI is InChI=1S/C27H23ClN2O5/c28-17-12-16(25(31)30-11-5-10-24(30)26(32)33)13-18(14-17)29-27(34)35-15-23-21-8-3-1-6-19(21)20-7-2-4-9-22(20)23/h1-4,6-9,12-14,23-24H,5,10-11,15H2,(H,29,34)(H,32,33)/t24-/m1/s1. The zero-order valence-corrected chi connectivity index (χ0v) is 19.5. The Bertz CT molecular complexity index is 1280. The fraction of sp³-hybridized carbons (Fsp3) is 0.222. The van der Waals surface area contributed by atoms with E-state index in [0.717, 1.165) is 22.3 Å². The van der Waals surface area contributed by atoms with Gasteiger partial charge in [0, 0.05) is 28.7 Å². The van der Waals surface area contributed by atoms with Crippen LogP contribution in [0.2, 0.25) is 5.02 Å². The number of aliphatic carboxylic acids is 1. The number of carbonyl (C=O) groups excluding carboxylic acids is 2. The van der Waals surface area contributed by atoms with Crippen molar-refractivity contribution in [2.45, 2.75) is 24.8 Å². The van der Waals surface area contributed by atoms with Crippen LogP contribution in [0.15, 0.2) is 66.7 Å². The van der Waals surface area contributed by atoms with Gasteiger partial charge in [-0.3, -0.25) is 10.1 Å². The smallest absolute Gasteiger partial charge is 0.411 e.